The minimum atomic E-state index is -3.57. The smallest absolute Gasteiger partial charge is 0.266 e. The summed E-state index contributed by atoms with van der Waals surface area (Å²) < 4.78 is 23.8. The topological polar surface area (TPSA) is 66.8 Å². The van der Waals surface area contributed by atoms with Crippen molar-refractivity contribution >= 4 is 32.3 Å². The number of amides is 1. The second kappa shape index (κ2) is 6.65. The van der Waals surface area contributed by atoms with Crippen LogP contribution in [0.4, 0.5) is 5.69 Å². The zero-order valence-electron chi connectivity index (χ0n) is 9.02. The third kappa shape index (κ3) is 5.73. The Hall–Kier alpha value is -1.02. The lowest BCUT2D eigenvalue weighted by molar-refractivity contribution is -0.107. The van der Waals surface area contributed by atoms with E-state index in [-0.39, 0.29) is 6.61 Å². The Morgan fingerprint density at radius 1 is 1.41 bits per heavy atom. The maximum Gasteiger partial charge on any atom is 0.266 e. The lowest BCUT2D eigenvalue weighted by Crippen LogP contribution is -2.23. The molecule has 0 fully saturated rings. The first kappa shape index (κ1) is 14.0. The van der Waals surface area contributed by atoms with Gasteiger partial charge in [0.15, 0.2) is 0 Å². The van der Waals surface area contributed by atoms with Gasteiger partial charge in [-0.05, 0) is 18.6 Å². The van der Waals surface area contributed by atoms with Gasteiger partial charge in [-0.15, -0.1) is 0 Å². The Labute approximate surface area is 105 Å². The van der Waals surface area contributed by atoms with Gasteiger partial charge >= 0.3 is 0 Å². The van der Waals surface area contributed by atoms with Gasteiger partial charge in [-0.3, -0.25) is 13.5 Å². The number of hydrogen-bond acceptors (Lipinski definition) is 4. The first-order valence-corrected chi connectivity index (χ1v) is 7.28. The average Bonchev–Trinajstić information content (AvgIpc) is 2.29. The largest absolute Gasteiger partial charge is 0.315 e. The van der Waals surface area contributed by atoms with Crippen LogP contribution in [0, 0.1) is 0 Å². The fraction of sp³-hybridized carbons (Fsp3) is 0.300. The molecule has 1 unspecified atom stereocenters. The summed E-state index contributed by atoms with van der Waals surface area (Å²) in [6, 6.07) is 9.11. The van der Waals surface area contributed by atoms with E-state index in [1.165, 1.54) is 4.90 Å². The summed E-state index contributed by atoms with van der Waals surface area (Å²) in [6.45, 7) is 0.439. The second-order valence-electron chi connectivity index (χ2n) is 3.24. The number of carbonyl (C=O) groups is 1. The normalized spacial score (nSPS) is 13.9. The summed E-state index contributed by atoms with van der Waals surface area (Å²) in [5.41, 5.74) is 0.769. The van der Waals surface area contributed by atoms with Gasteiger partial charge in [-0.2, -0.15) is 4.21 Å². The Morgan fingerprint density at radius 2 is 2.06 bits per heavy atom. The molecule has 0 radical (unpaired) electrons. The molecule has 94 valence electrons. The zero-order valence-corrected chi connectivity index (χ0v) is 10.7. The fourth-order valence-electron chi connectivity index (χ4n) is 1.26. The van der Waals surface area contributed by atoms with Gasteiger partial charge in [-0.25, -0.2) is 0 Å². The highest BCUT2D eigenvalue weighted by molar-refractivity contribution is 8.27. The number of nitrogens with zero attached hydrogens (tertiary/aromatic N) is 1. The molecule has 0 heterocycles. The summed E-state index contributed by atoms with van der Waals surface area (Å²) in [4.78, 5) is 12.3. The minimum Gasteiger partial charge on any atom is -0.315 e. The van der Waals surface area contributed by atoms with Crippen LogP contribution in [0.15, 0.2) is 30.3 Å². The van der Waals surface area contributed by atoms with Gasteiger partial charge in [-0.1, -0.05) is 18.2 Å². The van der Waals surface area contributed by atoms with Crippen molar-refractivity contribution in [3.63, 3.8) is 0 Å². The standard InChI is InChI=1S/C10H13NO4S2/c12-9-11(10-5-2-1-3-6-10)7-4-8-15-17(13,14)16/h1-3,5-6,9H,4,7-8H2,(H,13,14,16). The number of hydrogen-bond donors (Lipinski definition) is 1. The van der Waals surface area contributed by atoms with Crippen molar-refractivity contribution in [2.45, 2.75) is 6.42 Å². The fourth-order valence-corrected chi connectivity index (χ4v) is 1.79. The zero-order chi connectivity index (χ0) is 12.7. The van der Waals surface area contributed by atoms with Gasteiger partial charge in [0, 0.05) is 23.4 Å². The van der Waals surface area contributed by atoms with E-state index in [9.17, 15) is 9.00 Å². The highest BCUT2D eigenvalue weighted by atomic mass is 32.9. The third-order valence-electron chi connectivity index (χ3n) is 1.99. The summed E-state index contributed by atoms with van der Waals surface area (Å²) in [5.74, 6) is 0. The average molecular weight is 275 g/mol. The molecular formula is C10H13NO4S2. The number of benzene rings is 1. The van der Waals surface area contributed by atoms with Gasteiger partial charge in [0.2, 0.25) is 6.41 Å². The van der Waals surface area contributed by atoms with E-state index in [4.69, 9.17) is 4.55 Å². The summed E-state index contributed by atoms with van der Waals surface area (Å²) in [7, 11) is -3.57. The van der Waals surface area contributed by atoms with Crippen molar-refractivity contribution in [3.05, 3.63) is 30.3 Å². The SMILES string of the molecule is O=CN(CCCOS(=O)(O)=S)c1ccccc1. The molecule has 0 spiro atoms. The summed E-state index contributed by atoms with van der Waals surface area (Å²) in [6.07, 6.45) is 1.14. The summed E-state index contributed by atoms with van der Waals surface area (Å²) in [5, 5.41) is 0. The van der Waals surface area contributed by atoms with E-state index < -0.39 is 9.05 Å². The maximum atomic E-state index is 10.9. The number of carbonyl (C=O) groups excluding carboxylic acids is 1. The summed E-state index contributed by atoms with van der Waals surface area (Å²) >= 11 is 4.16. The molecule has 1 rings (SSSR count). The van der Waals surface area contributed by atoms with E-state index in [2.05, 4.69) is 15.4 Å². The molecule has 1 aromatic rings. The van der Waals surface area contributed by atoms with E-state index in [0.717, 1.165) is 5.69 Å². The highest BCUT2D eigenvalue weighted by Crippen LogP contribution is 2.11. The van der Waals surface area contributed by atoms with Crippen molar-refractivity contribution < 1.29 is 17.7 Å². The van der Waals surface area contributed by atoms with Crippen LogP contribution in [-0.2, 0) is 29.2 Å². The van der Waals surface area contributed by atoms with Crippen molar-refractivity contribution in [2.75, 3.05) is 18.1 Å². The lowest BCUT2D eigenvalue weighted by Gasteiger charge is -2.16. The van der Waals surface area contributed by atoms with E-state index in [0.29, 0.717) is 19.4 Å². The number of para-hydroxylation sites is 1. The second-order valence-corrected chi connectivity index (χ2v) is 5.59. The third-order valence-corrected chi connectivity index (χ3v) is 2.74. The molecule has 1 amide bonds. The molecule has 0 bridgehead atoms. The first-order valence-electron chi connectivity index (χ1n) is 4.92. The molecule has 0 aromatic heterocycles. The highest BCUT2D eigenvalue weighted by Gasteiger charge is 2.05. The molecule has 0 aliphatic rings. The Bertz CT molecular complexity index is 447. The van der Waals surface area contributed by atoms with Crippen molar-refractivity contribution in [1.82, 2.24) is 0 Å². The lowest BCUT2D eigenvalue weighted by atomic mass is 10.3. The van der Waals surface area contributed by atoms with Crippen LogP contribution in [0.3, 0.4) is 0 Å². The van der Waals surface area contributed by atoms with Gasteiger partial charge in [0.05, 0.1) is 6.61 Å². The van der Waals surface area contributed by atoms with E-state index in [1.54, 1.807) is 12.1 Å². The molecule has 5 nitrogen and oxygen atoms in total. The van der Waals surface area contributed by atoms with Gasteiger partial charge < -0.3 is 4.90 Å². The first-order chi connectivity index (χ1) is 8.03. The number of rotatable bonds is 7. The van der Waals surface area contributed by atoms with Crippen LogP contribution in [0.1, 0.15) is 6.42 Å². The van der Waals surface area contributed by atoms with Crippen LogP contribution in [-0.4, -0.2) is 28.3 Å². The molecule has 0 aliphatic heterocycles. The Morgan fingerprint density at radius 3 is 2.59 bits per heavy atom. The van der Waals surface area contributed by atoms with Crippen LogP contribution < -0.4 is 4.90 Å². The molecule has 0 aliphatic carbocycles. The van der Waals surface area contributed by atoms with Crippen molar-refractivity contribution in [2.24, 2.45) is 0 Å². The van der Waals surface area contributed by atoms with Crippen LogP contribution in [0.2, 0.25) is 0 Å². The molecular weight excluding hydrogens is 262 g/mol. The molecule has 7 heteroatoms. The molecule has 1 N–H and O–H groups in total. The molecule has 1 atom stereocenters. The van der Waals surface area contributed by atoms with Crippen LogP contribution in [0.25, 0.3) is 0 Å². The molecule has 17 heavy (non-hydrogen) atoms. The van der Waals surface area contributed by atoms with Crippen LogP contribution in [0.5, 0.6) is 0 Å². The predicted octanol–water partition coefficient (Wildman–Crippen LogP) is 1.19. The van der Waals surface area contributed by atoms with E-state index in [1.807, 2.05) is 18.2 Å². The molecule has 0 saturated carbocycles. The Balaban J connectivity index is 2.42. The number of anilines is 1. The van der Waals surface area contributed by atoms with Crippen molar-refractivity contribution in [1.29, 1.82) is 0 Å². The monoisotopic (exact) mass is 275 g/mol. The Kier molecular flexibility index (Phi) is 5.49. The van der Waals surface area contributed by atoms with Gasteiger partial charge in [0.25, 0.3) is 9.05 Å². The van der Waals surface area contributed by atoms with Crippen LogP contribution >= 0.6 is 0 Å². The minimum absolute atomic E-state index is 0.0377. The predicted molar refractivity (Wildman–Crippen MR) is 68.6 cm³/mol. The molecule has 1 aromatic carbocycles. The maximum absolute atomic E-state index is 10.9. The van der Waals surface area contributed by atoms with Gasteiger partial charge in [0.1, 0.15) is 0 Å². The van der Waals surface area contributed by atoms with E-state index >= 15 is 0 Å². The van der Waals surface area contributed by atoms with Crippen molar-refractivity contribution in [3.8, 4) is 0 Å². The molecule has 0 saturated heterocycles. The quantitative estimate of drug-likeness (QED) is 0.598.